The lowest BCUT2D eigenvalue weighted by Crippen LogP contribution is -2.14. The summed E-state index contributed by atoms with van der Waals surface area (Å²) < 4.78 is 40.5. The van der Waals surface area contributed by atoms with Gasteiger partial charge in [0, 0.05) is 8.95 Å². The number of nitrogens with one attached hydrogen (secondary N) is 1. The molecule has 0 radical (unpaired) electrons. The molecule has 1 heterocycles. The van der Waals surface area contributed by atoms with Gasteiger partial charge < -0.3 is 0 Å². The smallest absolute Gasteiger partial charge is 0.263 e. The average Bonchev–Trinajstić information content (AvgIpc) is 2.31. The Hall–Kier alpha value is -0.990. The van der Waals surface area contributed by atoms with Gasteiger partial charge in [-0.2, -0.15) is 4.39 Å². The molecule has 0 bridgehead atoms. The van der Waals surface area contributed by atoms with Crippen molar-refractivity contribution in [2.75, 3.05) is 4.72 Å². The van der Waals surface area contributed by atoms with Crippen molar-refractivity contribution in [1.82, 2.24) is 4.98 Å². The van der Waals surface area contributed by atoms with Crippen LogP contribution in [0.15, 0.2) is 50.2 Å². The molecule has 1 aromatic heterocycles. The molecule has 2 rings (SSSR count). The summed E-state index contributed by atoms with van der Waals surface area (Å²) in [7, 11) is -3.84. The van der Waals surface area contributed by atoms with E-state index in [1.54, 1.807) is 12.1 Å². The van der Waals surface area contributed by atoms with Gasteiger partial charge in [0.05, 0.1) is 0 Å². The number of nitrogens with zero attached hydrogens (tertiary/aromatic N) is 1. The highest BCUT2D eigenvalue weighted by Crippen LogP contribution is 2.27. The van der Waals surface area contributed by atoms with Crippen LogP contribution in [0.1, 0.15) is 0 Å². The predicted octanol–water partition coefficient (Wildman–Crippen LogP) is 3.55. The van der Waals surface area contributed by atoms with Crippen molar-refractivity contribution in [2.24, 2.45) is 0 Å². The van der Waals surface area contributed by atoms with Gasteiger partial charge in [0.1, 0.15) is 10.7 Å². The molecule has 100 valence electrons. The number of hydrogen-bond donors (Lipinski definition) is 1. The summed E-state index contributed by atoms with van der Waals surface area (Å²) in [6.07, 6.45) is 0. The first kappa shape index (κ1) is 14.4. The van der Waals surface area contributed by atoms with Crippen LogP contribution in [0.2, 0.25) is 0 Å². The molecule has 8 heteroatoms. The topological polar surface area (TPSA) is 59.1 Å². The van der Waals surface area contributed by atoms with Crippen LogP contribution in [-0.4, -0.2) is 13.4 Å². The van der Waals surface area contributed by atoms with Crippen molar-refractivity contribution in [1.29, 1.82) is 0 Å². The van der Waals surface area contributed by atoms with Crippen LogP contribution in [-0.2, 0) is 10.0 Å². The molecule has 1 N–H and O–H groups in total. The molecule has 0 aliphatic rings. The van der Waals surface area contributed by atoms with Gasteiger partial charge in [0.15, 0.2) is 0 Å². The van der Waals surface area contributed by atoms with Gasteiger partial charge in [-0.15, -0.1) is 0 Å². The van der Waals surface area contributed by atoms with Crippen molar-refractivity contribution in [3.63, 3.8) is 0 Å². The molecule has 0 fully saturated rings. The van der Waals surface area contributed by atoms with E-state index in [2.05, 4.69) is 41.6 Å². The quantitative estimate of drug-likeness (QED) is 0.788. The molecule has 0 saturated heterocycles. The maximum atomic E-state index is 12.9. The third-order valence-corrected chi connectivity index (χ3v) is 4.98. The lowest BCUT2D eigenvalue weighted by Gasteiger charge is -2.09. The van der Waals surface area contributed by atoms with Crippen molar-refractivity contribution in [3.05, 3.63) is 51.3 Å². The monoisotopic (exact) mass is 408 g/mol. The Bertz CT molecular complexity index is 722. The highest BCUT2D eigenvalue weighted by Gasteiger charge is 2.18. The van der Waals surface area contributed by atoms with E-state index in [1.807, 2.05) is 0 Å². The van der Waals surface area contributed by atoms with Crippen LogP contribution >= 0.6 is 31.9 Å². The van der Waals surface area contributed by atoms with E-state index >= 15 is 0 Å². The Labute approximate surface area is 126 Å². The van der Waals surface area contributed by atoms with Crippen molar-refractivity contribution < 1.29 is 12.8 Å². The predicted molar refractivity (Wildman–Crippen MR) is 76.8 cm³/mol. The number of sulfonamides is 1. The molecule has 0 spiro atoms. The van der Waals surface area contributed by atoms with Crippen LogP contribution in [0, 0.1) is 5.95 Å². The highest BCUT2D eigenvalue weighted by atomic mass is 79.9. The summed E-state index contributed by atoms with van der Waals surface area (Å²) in [5.74, 6) is -0.833. The lowest BCUT2D eigenvalue weighted by atomic mass is 10.4. The SMILES string of the molecule is O=S(=O)(Nc1cccc(F)n1)c1cc(Br)ccc1Br. The molecular formula is C11H7Br2FN2O2S. The number of rotatable bonds is 3. The number of halogens is 3. The van der Waals surface area contributed by atoms with Gasteiger partial charge in [-0.25, -0.2) is 13.4 Å². The van der Waals surface area contributed by atoms with Crippen LogP contribution in [0.4, 0.5) is 10.2 Å². The molecule has 0 atom stereocenters. The Morgan fingerprint density at radius 3 is 2.58 bits per heavy atom. The van der Waals surface area contributed by atoms with E-state index in [4.69, 9.17) is 0 Å². The second-order valence-corrected chi connectivity index (χ2v) is 6.95. The maximum absolute atomic E-state index is 12.9. The second-order valence-electron chi connectivity index (χ2n) is 3.53. The zero-order chi connectivity index (χ0) is 14.0. The van der Waals surface area contributed by atoms with Gasteiger partial charge in [-0.05, 0) is 46.3 Å². The van der Waals surface area contributed by atoms with Crippen molar-refractivity contribution >= 4 is 47.7 Å². The Morgan fingerprint density at radius 2 is 1.89 bits per heavy atom. The van der Waals surface area contributed by atoms with Gasteiger partial charge in [-0.1, -0.05) is 22.0 Å². The minimum atomic E-state index is -3.84. The van der Waals surface area contributed by atoms with E-state index in [-0.39, 0.29) is 10.7 Å². The molecule has 0 unspecified atom stereocenters. The number of pyridine rings is 1. The van der Waals surface area contributed by atoms with E-state index in [0.29, 0.717) is 8.95 Å². The second kappa shape index (κ2) is 5.56. The molecule has 4 nitrogen and oxygen atoms in total. The first-order chi connectivity index (χ1) is 8.88. The fraction of sp³-hybridized carbons (Fsp3) is 0. The van der Waals surface area contributed by atoms with Gasteiger partial charge in [0.25, 0.3) is 10.0 Å². The molecule has 0 amide bonds. The molecule has 0 saturated carbocycles. The fourth-order valence-electron chi connectivity index (χ4n) is 1.34. The molecule has 0 aliphatic heterocycles. The number of benzene rings is 1. The normalized spacial score (nSPS) is 11.3. The maximum Gasteiger partial charge on any atom is 0.264 e. The summed E-state index contributed by atoms with van der Waals surface area (Å²) in [5, 5.41) is 0. The Kier molecular flexibility index (Phi) is 4.22. The Morgan fingerprint density at radius 1 is 1.16 bits per heavy atom. The third kappa shape index (κ3) is 3.52. The van der Waals surface area contributed by atoms with E-state index in [9.17, 15) is 12.8 Å². The average molecular weight is 410 g/mol. The zero-order valence-electron chi connectivity index (χ0n) is 9.27. The van der Waals surface area contributed by atoms with Crippen LogP contribution in [0.25, 0.3) is 0 Å². The Balaban J connectivity index is 2.40. The van der Waals surface area contributed by atoms with E-state index in [0.717, 1.165) is 6.07 Å². The number of anilines is 1. The largest absolute Gasteiger partial charge is 0.264 e. The van der Waals surface area contributed by atoms with Gasteiger partial charge in [-0.3, -0.25) is 4.72 Å². The highest BCUT2D eigenvalue weighted by molar-refractivity contribution is 9.11. The molecule has 1 aromatic carbocycles. The fourth-order valence-corrected chi connectivity index (χ4v) is 3.85. The standard InChI is InChI=1S/C11H7Br2FN2O2S/c12-7-4-5-8(13)9(6-7)19(17,18)16-11-3-1-2-10(14)15-11/h1-6H,(H,15,16). The summed E-state index contributed by atoms with van der Waals surface area (Å²) in [6, 6.07) is 8.60. The van der Waals surface area contributed by atoms with Crippen LogP contribution in [0.3, 0.4) is 0 Å². The minimum Gasteiger partial charge on any atom is -0.263 e. The molecule has 19 heavy (non-hydrogen) atoms. The van der Waals surface area contributed by atoms with Crippen LogP contribution < -0.4 is 4.72 Å². The molecular weight excluding hydrogens is 403 g/mol. The number of aromatic nitrogens is 1. The van der Waals surface area contributed by atoms with E-state index in [1.165, 1.54) is 18.2 Å². The third-order valence-electron chi connectivity index (χ3n) is 2.14. The summed E-state index contributed by atoms with van der Waals surface area (Å²) >= 11 is 6.36. The summed E-state index contributed by atoms with van der Waals surface area (Å²) in [6.45, 7) is 0. The van der Waals surface area contributed by atoms with Gasteiger partial charge >= 0.3 is 0 Å². The van der Waals surface area contributed by atoms with E-state index < -0.39 is 16.0 Å². The zero-order valence-corrected chi connectivity index (χ0v) is 13.3. The number of hydrogen-bond acceptors (Lipinski definition) is 3. The summed E-state index contributed by atoms with van der Waals surface area (Å²) in [4.78, 5) is 3.49. The van der Waals surface area contributed by atoms with Crippen molar-refractivity contribution in [2.45, 2.75) is 4.90 Å². The lowest BCUT2D eigenvalue weighted by molar-refractivity contribution is 0.584. The summed E-state index contributed by atoms with van der Waals surface area (Å²) in [5.41, 5.74) is 0. The molecule has 2 aromatic rings. The van der Waals surface area contributed by atoms with Gasteiger partial charge in [0.2, 0.25) is 5.95 Å². The first-order valence-electron chi connectivity index (χ1n) is 4.99. The minimum absolute atomic E-state index is 0.0351. The molecule has 0 aliphatic carbocycles. The first-order valence-corrected chi connectivity index (χ1v) is 8.06. The van der Waals surface area contributed by atoms with Crippen molar-refractivity contribution in [3.8, 4) is 0 Å². The van der Waals surface area contributed by atoms with Crippen LogP contribution in [0.5, 0.6) is 0 Å².